The number of aromatic nitrogens is 1. The second-order valence-corrected chi connectivity index (χ2v) is 1.77. The van der Waals surface area contributed by atoms with Gasteiger partial charge in [-0.15, -0.1) is 0 Å². The molecular formula is C6H8BN2. The fraction of sp³-hybridized carbons (Fsp3) is 0.167. The maximum absolute atomic E-state index is 5.49. The van der Waals surface area contributed by atoms with Crippen LogP contribution in [0.5, 0.6) is 0 Å². The molecule has 0 aromatic carbocycles. The third kappa shape index (κ3) is 1.22. The number of nitrogens with zero attached hydrogens (tertiary/aromatic N) is 1. The number of hydrogen-bond acceptors (Lipinski definition) is 2. The highest BCUT2D eigenvalue weighted by molar-refractivity contribution is 6.53. The molecule has 0 aliphatic carbocycles. The number of rotatable bonds is 1. The Labute approximate surface area is 55.3 Å². The first-order chi connectivity index (χ1) is 4.34. The second-order valence-electron chi connectivity index (χ2n) is 1.77. The highest BCUT2D eigenvalue weighted by Crippen LogP contribution is 1.87. The van der Waals surface area contributed by atoms with E-state index in [0.717, 1.165) is 5.46 Å². The summed E-state index contributed by atoms with van der Waals surface area (Å²) in [5.41, 5.74) is 6.49. The third-order valence-electron chi connectivity index (χ3n) is 1.18. The summed E-state index contributed by atoms with van der Waals surface area (Å²) in [7, 11) is 1.93. The number of nitrogens with two attached hydrogens (primary N) is 1. The van der Waals surface area contributed by atoms with Crippen molar-refractivity contribution in [3.63, 3.8) is 0 Å². The summed E-state index contributed by atoms with van der Waals surface area (Å²) in [5.74, 6) is 0.597. The van der Waals surface area contributed by atoms with Crippen LogP contribution in [0.2, 0.25) is 6.82 Å². The summed E-state index contributed by atoms with van der Waals surface area (Å²) < 4.78 is 0. The molecule has 1 aromatic rings. The van der Waals surface area contributed by atoms with Crippen molar-refractivity contribution in [1.29, 1.82) is 0 Å². The van der Waals surface area contributed by atoms with Gasteiger partial charge in [-0.3, -0.25) is 0 Å². The van der Waals surface area contributed by atoms with Crippen molar-refractivity contribution in [2.75, 3.05) is 5.73 Å². The Morgan fingerprint density at radius 2 is 2.44 bits per heavy atom. The highest BCUT2D eigenvalue weighted by atomic mass is 14.8. The average molecular weight is 119 g/mol. The SMILES string of the molecule is C[B]c1cccnc1N. The van der Waals surface area contributed by atoms with Gasteiger partial charge < -0.3 is 5.73 Å². The van der Waals surface area contributed by atoms with Gasteiger partial charge in [0.15, 0.2) is 7.28 Å². The zero-order chi connectivity index (χ0) is 6.69. The molecule has 1 aromatic heterocycles. The van der Waals surface area contributed by atoms with Gasteiger partial charge in [0.1, 0.15) is 5.82 Å². The number of anilines is 1. The molecule has 0 aliphatic rings. The largest absolute Gasteiger partial charge is 0.384 e. The molecule has 0 saturated heterocycles. The fourth-order valence-electron chi connectivity index (χ4n) is 0.674. The lowest BCUT2D eigenvalue weighted by Crippen LogP contribution is -2.16. The maximum atomic E-state index is 5.49. The topological polar surface area (TPSA) is 38.9 Å². The molecule has 2 N–H and O–H groups in total. The minimum atomic E-state index is 0.597. The molecule has 0 fully saturated rings. The smallest absolute Gasteiger partial charge is 0.153 e. The minimum absolute atomic E-state index is 0.597. The fourth-order valence-corrected chi connectivity index (χ4v) is 0.674. The molecular weight excluding hydrogens is 111 g/mol. The van der Waals surface area contributed by atoms with Gasteiger partial charge in [0.2, 0.25) is 0 Å². The molecule has 0 bridgehead atoms. The first kappa shape index (κ1) is 6.14. The van der Waals surface area contributed by atoms with E-state index in [4.69, 9.17) is 5.73 Å². The van der Waals surface area contributed by atoms with Crippen LogP contribution in [0, 0.1) is 0 Å². The van der Waals surface area contributed by atoms with Gasteiger partial charge in [-0.25, -0.2) is 4.98 Å². The highest BCUT2D eigenvalue weighted by Gasteiger charge is 1.93. The quantitative estimate of drug-likeness (QED) is 0.530. The first-order valence-electron chi connectivity index (χ1n) is 2.84. The van der Waals surface area contributed by atoms with Crippen molar-refractivity contribution >= 4 is 18.6 Å². The zero-order valence-corrected chi connectivity index (χ0v) is 5.33. The van der Waals surface area contributed by atoms with Crippen molar-refractivity contribution in [1.82, 2.24) is 4.98 Å². The van der Waals surface area contributed by atoms with E-state index in [-0.39, 0.29) is 0 Å². The van der Waals surface area contributed by atoms with Gasteiger partial charge in [-0.1, -0.05) is 12.9 Å². The van der Waals surface area contributed by atoms with Crippen molar-refractivity contribution in [3.8, 4) is 0 Å². The van der Waals surface area contributed by atoms with Crippen LogP contribution in [0.3, 0.4) is 0 Å². The molecule has 1 heterocycles. The molecule has 2 nitrogen and oxygen atoms in total. The average Bonchev–Trinajstić information content (AvgIpc) is 1.89. The van der Waals surface area contributed by atoms with Crippen molar-refractivity contribution in [3.05, 3.63) is 18.3 Å². The standard InChI is InChI=1S/C6H8BN2/c1-7-5-3-2-4-9-6(5)8/h2-4H,1H3,(H2,8,9). The van der Waals surface area contributed by atoms with Gasteiger partial charge in [0.25, 0.3) is 0 Å². The van der Waals surface area contributed by atoms with Crippen LogP contribution in [0.4, 0.5) is 5.82 Å². The van der Waals surface area contributed by atoms with E-state index in [1.807, 2.05) is 26.2 Å². The Bertz CT molecular complexity index is 200. The van der Waals surface area contributed by atoms with E-state index in [1.54, 1.807) is 6.20 Å². The van der Waals surface area contributed by atoms with Crippen LogP contribution in [0.25, 0.3) is 0 Å². The van der Waals surface area contributed by atoms with Crippen LogP contribution in [-0.4, -0.2) is 12.3 Å². The van der Waals surface area contributed by atoms with Gasteiger partial charge in [-0.05, 0) is 11.5 Å². The Kier molecular flexibility index (Phi) is 1.73. The minimum Gasteiger partial charge on any atom is -0.384 e. The summed E-state index contributed by atoms with van der Waals surface area (Å²) in [6, 6.07) is 3.80. The van der Waals surface area contributed by atoms with E-state index in [2.05, 4.69) is 4.98 Å². The Morgan fingerprint density at radius 3 is 2.89 bits per heavy atom. The van der Waals surface area contributed by atoms with Gasteiger partial charge in [0.05, 0.1) is 0 Å². The summed E-state index contributed by atoms with van der Waals surface area (Å²) in [6.07, 6.45) is 1.68. The summed E-state index contributed by atoms with van der Waals surface area (Å²) in [5, 5.41) is 0. The van der Waals surface area contributed by atoms with Gasteiger partial charge >= 0.3 is 0 Å². The number of pyridine rings is 1. The predicted molar refractivity (Wildman–Crippen MR) is 39.9 cm³/mol. The van der Waals surface area contributed by atoms with E-state index < -0.39 is 0 Å². The molecule has 0 spiro atoms. The monoisotopic (exact) mass is 119 g/mol. The molecule has 0 atom stereocenters. The van der Waals surface area contributed by atoms with E-state index in [9.17, 15) is 0 Å². The van der Waals surface area contributed by atoms with Crippen LogP contribution >= 0.6 is 0 Å². The molecule has 0 saturated carbocycles. The van der Waals surface area contributed by atoms with Crippen molar-refractivity contribution in [2.45, 2.75) is 6.82 Å². The molecule has 9 heavy (non-hydrogen) atoms. The van der Waals surface area contributed by atoms with E-state index in [1.165, 1.54) is 0 Å². The lowest BCUT2D eigenvalue weighted by atomic mass is 9.74. The van der Waals surface area contributed by atoms with Crippen LogP contribution in [0.1, 0.15) is 0 Å². The van der Waals surface area contributed by atoms with Crippen LogP contribution in [0.15, 0.2) is 18.3 Å². The predicted octanol–water partition coefficient (Wildman–Crippen LogP) is 0.0414. The molecule has 0 aliphatic heterocycles. The van der Waals surface area contributed by atoms with E-state index >= 15 is 0 Å². The number of nitrogen functional groups attached to an aromatic ring is 1. The molecule has 45 valence electrons. The summed E-state index contributed by atoms with van der Waals surface area (Å²) in [4.78, 5) is 3.90. The Morgan fingerprint density at radius 1 is 1.67 bits per heavy atom. The zero-order valence-electron chi connectivity index (χ0n) is 5.33. The molecule has 3 heteroatoms. The van der Waals surface area contributed by atoms with Gasteiger partial charge in [0, 0.05) is 6.20 Å². The van der Waals surface area contributed by atoms with Crippen LogP contribution < -0.4 is 11.2 Å². The third-order valence-corrected chi connectivity index (χ3v) is 1.18. The lowest BCUT2D eigenvalue weighted by Gasteiger charge is -1.96. The lowest BCUT2D eigenvalue weighted by molar-refractivity contribution is 1.36. The van der Waals surface area contributed by atoms with E-state index in [0.29, 0.717) is 5.82 Å². The first-order valence-corrected chi connectivity index (χ1v) is 2.84. The maximum Gasteiger partial charge on any atom is 0.153 e. The molecule has 1 rings (SSSR count). The summed E-state index contributed by atoms with van der Waals surface area (Å²) >= 11 is 0. The normalized spacial score (nSPS) is 9.00. The second kappa shape index (κ2) is 2.53. The van der Waals surface area contributed by atoms with Crippen molar-refractivity contribution < 1.29 is 0 Å². The molecule has 0 amide bonds. The molecule has 0 unspecified atom stereocenters. The molecule has 1 radical (unpaired) electrons. The summed E-state index contributed by atoms with van der Waals surface area (Å²) in [6.45, 7) is 1.94. The number of hydrogen-bond donors (Lipinski definition) is 1. The van der Waals surface area contributed by atoms with Crippen molar-refractivity contribution in [2.24, 2.45) is 0 Å². The van der Waals surface area contributed by atoms with Crippen LogP contribution in [-0.2, 0) is 0 Å². The Balaban J connectivity index is 3.01. The Hall–Kier alpha value is -0.985. The van der Waals surface area contributed by atoms with Gasteiger partial charge in [-0.2, -0.15) is 0 Å².